The molecule has 1 N–H and O–H groups in total. The Hall–Kier alpha value is -1.81. The molecule has 0 radical (unpaired) electrons. The van der Waals surface area contributed by atoms with Crippen LogP contribution in [-0.2, 0) is 6.54 Å². The Morgan fingerprint density at radius 3 is 2.88 bits per heavy atom. The zero-order valence-electron chi connectivity index (χ0n) is 9.22. The molecule has 5 heteroatoms. The van der Waals surface area contributed by atoms with E-state index in [1.54, 1.807) is 17.7 Å². The lowest BCUT2D eigenvalue weighted by Crippen LogP contribution is -2.05. The van der Waals surface area contributed by atoms with E-state index in [1.165, 1.54) is 6.20 Å². The van der Waals surface area contributed by atoms with E-state index in [0.29, 0.717) is 17.3 Å². The molecule has 1 aromatic carbocycles. The van der Waals surface area contributed by atoms with Gasteiger partial charge in [0.25, 0.3) is 0 Å². The second-order valence-electron chi connectivity index (χ2n) is 3.74. The molecule has 17 heavy (non-hydrogen) atoms. The van der Waals surface area contributed by atoms with Crippen molar-refractivity contribution in [3.8, 4) is 0 Å². The average Bonchev–Trinajstić information content (AvgIpc) is 2.61. The van der Waals surface area contributed by atoms with E-state index in [2.05, 4.69) is 5.10 Å². The fourth-order valence-corrected chi connectivity index (χ4v) is 1.84. The van der Waals surface area contributed by atoms with Crippen LogP contribution in [0.4, 0.5) is 0 Å². The largest absolute Gasteiger partial charge is 0.478 e. The standard InChI is InChI=1S/C12H11ClN2O2/c1-8-11(12(16)17)6-14-15(8)7-9-3-2-4-10(13)5-9/h2-6H,7H2,1H3,(H,16,17). The fourth-order valence-electron chi connectivity index (χ4n) is 1.62. The average molecular weight is 251 g/mol. The molecule has 0 aliphatic rings. The van der Waals surface area contributed by atoms with E-state index in [4.69, 9.17) is 16.7 Å². The van der Waals surface area contributed by atoms with Gasteiger partial charge in [-0.25, -0.2) is 4.79 Å². The lowest BCUT2D eigenvalue weighted by atomic mass is 10.2. The molecule has 1 aromatic heterocycles. The number of nitrogens with zero attached hydrogens (tertiary/aromatic N) is 2. The first kappa shape index (κ1) is 11.7. The summed E-state index contributed by atoms with van der Waals surface area (Å²) in [6, 6.07) is 7.41. The molecule has 4 nitrogen and oxygen atoms in total. The Labute approximate surface area is 103 Å². The summed E-state index contributed by atoms with van der Waals surface area (Å²) in [5.41, 5.74) is 1.85. The zero-order valence-corrected chi connectivity index (χ0v) is 9.98. The van der Waals surface area contributed by atoms with Gasteiger partial charge in [0.2, 0.25) is 0 Å². The minimum Gasteiger partial charge on any atom is -0.478 e. The molecule has 0 saturated heterocycles. The number of aromatic carboxylic acids is 1. The fraction of sp³-hybridized carbons (Fsp3) is 0.167. The smallest absolute Gasteiger partial charge is 0.339 e. The van der Waals surface area contributed by atoms with Crippen LogP contribution in [0.2, 0.25) is 5.02 Å². The van der Waals surface area contributed by atoms with Gasteiger partial charge in [0.05, 0.1) is 18.4 Å². The van der Waals surface area contributed by atoms with Crippen LogP contribution in [0.25, 0.3) is 0 Å². The topological polar surface area (TPSA) is 55.1 Å². The van der Waals surface area contributed by atoms with Crippen LogP contribution >= 0.6 is 11.6 Å². The number of carboxylic acids is 1. The molecule has 1 heterocycles. The Morgan fingerprint density at radius 1 is 1.53 bits per heavy atom. The molecule has 0 amide bonds. The number of benzene rings is 1. The SMILES string of the molecule is Cc1c(C(=O)O)cnn1Cc1cccc(Cl)c1. The van der Waals surface area contributed by atoms with Crippen molar-refractivity contribution in [2.24, 2.45) is 0 Å². The van der Waals surface area contributed by atoms with Crippen molar-refractivity contribution in [3.63, 3.8) is 0 Å². The predicted octanol–water partition coefficient (Wildman–Crippen LogP) is 2.59. The summed E-state index contributed by atoms with van der Waals surface area (Å²) in [5.74, 6) is -0.958. The van der Waals surface area contributed by atoms with E-state index in [9.17, 15) is 4.79 Å². The van der Waals surface area contributed by atoms with Crippen molar-refractivity contribution in [2.75, 3.05) is 0 Å². The molecule has 2 rings (SSSR count). The number of halogens is 1. The summed E-state index contributed by atoms with van der Waals surface area (Å²) in [6.07, 6.45) is 1.36. The highest BCUT2D eigenvalue weighted by Crippen LogP contribution is 2.14. The van der Waals surface area contributed by atoms with Gasteiger partial charge in [-0.15, -0.1) is 0 Å². The third-order valence-corrected chi connectivity index (χ3v) is 2.79. The maximum Gasteiger partial charge on any atom is 0.339 e. The molecule has 0 aliphatic carbocycles. The van der Waals surface area contributed by atoms with Crippen LogP contribution in [0, 0.1) is 6.92 Å². The molecular formula is C12H11ClN2O2. The van der Waals surface area contributed by atoms with Crippen LogP contribution in [0.3, 0.4) is 0 Å². The number of carbonyl (C=O) groups is 1. The van der Waals surface area contributed by atoms with E-state index in [1.807, 2.05) is 18.2 Å². The maximum absolute atomic E-state index is 10.9. The molecule has 2 aromatic rings. The van der Waals surface area contributed by atoms with E-state index < -0.39 is 5.97 Å². The van der Waals surface area contributed by atoms with Gasteiger partial charge >= 0.3 is 5.97 Å². The summed E-state index contributed by atoms with van der Waals surface area (Å²) in [4.78, 5) is 10.9. The predicted molar refractivity (Wildman–Crippen MR) is 64.5 cm³/mol. The summed E-state index contributed by atoms with van der Waals surface area (Å²) in [5, 5.41) is 13.6. The Balaban J connectivity index is 2.28. The molecule has 0 spiro atoms. The van der Waals surface area contributed by atoms with Gasteiger partial charge in [-0.1, -0.05) is 23.7 Å². The first-order valence-corrected chi connectivity index (χ1v) is 5.46. The maximum atomic E-state index is 10.9. The monoisotopic (exact) mass is 250 g/mol. The van der Waals surface area contributed by atoms with Crippen molar-refractivity contribution in [2.45, 2.75) is 13.5 Å². The first-order chi connectivity index (χ1) is 8.08. The third-order valence-electron chi connectivity index (χ3n) is 2.55. The van der Waals surface area contributed by atoms with Crippen molar-refractivity contribution in [3.05, 3.63) is 52.3 Å². The van der Waals surface area contributed by atoms with Gasteiger partial charge in [-0.05, 0) is 24.6 Å². The normalized spacial score (nSPS) is 10.5. The van der Waals surface area contributed by atoms with Gasteiger partial charge < -0.3 is 5.11 Å². The molecule has 0 fully saturated rings. The third kappa shape index (κ3) is 2.47. The Kier molecular flexibility index (Phi) is 3.15. The Morgan fingerprint density at radius 2 is 2.29 bits per heavy atom. The quantitative estimate of drug-likeness (QED) is 0.911. The van der Waals surface area contributed by atoms with Gasteiger partial charge in [-0.3, -0.25) is 4.68 Å². The molecule has 88 valence electrons. The van der Waals surface area contributed by atoms with Crippen molar-refractivity contribution < 1.29 is 9.90 Å². The van der Waals surface area contributed by atoms with Crippen LogP contribution < -0.4 is 0 Å². The highest BCUT2D eigenvalue weighted by Gasteiger charge is 2.12. The lowest BCUT2D eigenvalue weighted by molar-refractivity contribution is 0.0696. The highest BCUT2D eigenvalue weighted by molar-refractivity contribution is 6.30. The van der Waals surface area contributed by atoms with Gasteiger partial charge in [0, 0.05) is 5.02 Å². The molecule has 0 bridgehead atoms. The molecule has 0 saturated carbocycles. The van der Waals surface area contributed by atoms with Crippen molar-refractivity contribution >= 4 is 17.6 Å². The molecular weight excluding hydrogens is 240 g/mol. The number of hydrogen-bond donors (Lipinski definition) is 1. The van der Waals surface area contributed by atoms with Crippen molar-refractivity contribution in [1.82, 2.24) is 9.78 Å². The summed E-state index contributed by atoms with van der Waals surface area (Å²) in [6.45, 7) is 2.25. The van der Waals surface area contributed by atoms with Crippen molar-refractivity contribution in [1.29, 1.82) is 0 Å². The second-order valence-corrected chi connectivity index (χ2v) is 4.17. The van der Waals surface area contributed by atoms with Crippen LogP contribution in [0.5, 0.6) is 0 Å². The number of hydrogen-bond acceptors (Lipinski definition) is 2. The lowest BCUT2D eigenvalue weighted by Gasteiger charge is -2.05. The summed E-state index contributed by atoms with van der Waals surface area (Å²) in [7, 11) is 0. The zero-order chi connectivity index (χ0) is 12.4. The van der Waals surface area contributed by atoms with Gasteiger partial charge in [0.15, 0.2) is 0 Å². The van der Waals surface area contributed by atoms with Crippen LogP contribution in [0.1, 0.15) is 21.6 Å². The van der Waals surface area contributed by atoms with E-state index >= 15 is 0 Å². The van der Waals surface area contributed by atoms with E-state index in [-0.39, 0.29) is 5.56 Å². The van der Waals surface area contributed by atoms with E-state index in [0.717, 1.165) is 5.56 Å². The highest BCUT2D eigenvalue weighted by atomic mass is 35.5. The molecule has 0 aliphatic heterocycles. The van der Waals surface area contributed by atoms with Gasteiger partial charge in [-0.2, -0.15) is 5.10 Å². The Bertz CT molecular complexity index is 563. The first-order valence-electron chi connectivity index (χ1n) is 5.08. The second kappa shape index (κ2) is 4.59. The van der Waals surface area contributed by atoms with Crippen LogP contribution in [-0.4, -0.2) is 20.9 Å². The number of rotatable bonds is 3. The van der Waals surface area contributed by atoms with Gasteiger partial charge in [0.1, 0.15) is 5.56 Å². The minimum absolute atomic E-state index is 0.229. The molecule has 0 atom stereocenters. The van der Waals surface area contributed by atoms with Crippen LogP contribution in [0.15, 0.2) is 30.5 Å². The minimum atomic E-state index is -0.958. The summed E-state index contributed by atoms with van der Waals surface area (Å²) >= 11 is 5.88. The summed E-state index contributed by atoms with van der Waals surface area (Å²) < 4.78 is 1.65. The number of carboxylic acid groups (broad SMARTS) is 1. The molecule has 0 unspecified atom stereocenters. The number of aromatic nitrogens is 2.